The molecule has 0 aromatic heterocycles. The van der Waals surface area contributed by atoms with E-state index >= 15 is 0 Å². The van der Waals surface area contributed by atoms with Gasteiger partial charge in [0.2, 0.25) is 0 Å². The molecule has 6 heteroatoms. The molecule has 2 atom stereocenters. The summed E-state index contributed by atoms with van der Waals surface area (Å²) in [5.74, 6) is 0.663. The molecule has 0 bridgehead atoms. The number of unbranched alkanes of at least 4 members (excludes halogenated alkanes) is 1. The van der Waals surface area contributed by atoms with Crippen molar-refractivity contribution >= 4 is 39.7 Å². The third-order valence-electron chi connectivity index (χ3n) is 6.68. The van der Waals surface area contributed by atoms with E-state index in [1.165, 1.54) is 0 Å². The first kappa shape index (κ1) is 24.2. The highest BCUT2D eigenvalue weighted by Crippen LogP contribution is 2.35. The minimum atomic E-state index is -0.556. The Bertz CT molecular complexity index is 1080. The highest BCUT2D eigenvalue weighted by atomic mass is 35.5. The number of halogens is 2. The predicted molar refractivity (Wildman–Crippen MR) is 139 cm³/mol. The molecule has 33 heavy (non-hydrogen) atoms. The first-order valence-corrected chi connectivity index (χ1v) is 12.5. The molecule has 3 aromatic rings. The molecule has 1 N–H and O–H groups in total. The standard InChI is InChI=1S/C27H32Cl2N2O2/c1-3-4-8-24(31-15-13-30(14-16-31)22-7-5-6-21(28)18-22)27(32)20-9-11-23-19(17-20)10-12-25(33-2)26(23)29/h5-7,9-12,17-18,24,27,32H,3-4,8,13-16H2,1-2H3. The van der Waals surface area contributed by atoms with E-state index in [-0.39, 0.29) is 6.04 Å². The number of hydrogen-bond acceptors (Lipinski definition) is 4. The smallest absolute Gasteiger partial charge is 0.138 e. The largest absolute Gasteiger partial charge is 0.495 e. The van der Waals surface area contributed by atoms with Crippen LogP contribution in [0.3, 0.4) is 0 Å². The van der Waals surface area contributed by atoms with Gasteiger partial charge in [0.1, 0.15) is 5.75 Å². The minimum Gasteiger partial charge on any atom is -0.495 e. The van der Waals surface area contributed by atoms with E-state index in [1.807, 2.05) is 42.5 Å². The summed E-state index contributed by atoms with van der Waals surface area (Å²) in [4.78, 5) is 4.82. The molecule has 4 rings (SSSR count). The van der Waals surface area contributed by atoms with Gasteiger partial charge in [0.05, 0.1) is 18.2 Å². The molecule has 0 radical (unpaired) electrons. The quantitative estimate of drug-likeness (QED) is 0.390. The number of fused-ring (bicyclic) bond motifs is 1. The second-order valence-corrected chi connectivity index (χ2v) is 9.53. The van der Waals surface area contributed by atoms with Crippen molar-refractivity contribution in [1.29, 1.82) is 0 Å². The van der Waals surface area contributed by atoms with Crippen LogP contribution < -0.4 is 9.64 Å². The number of benzene rings is 3. The van der Waals surface area contributed by atoms with Crippen LogP contribution in [-0.4, -0.2) is 49.3 Å². The molecule has 176 valence electrons. The molecule has 1 saturated heterocycles. The van der Waals surface area contributed by atoms with Crippen molar-refractivity contribution in [2.75, 3.05) is 38.2 Å². The molecule has 2 unspecified atom stereocenters. The number of piperazine rings is 1. The van der Waals surface area contributed by atoms with Crippen LogP contribution in [0.5, 0.6) is 5.75 Å². The van der Waals surface area contributed by atoms with Gasteiger partial charge >= 0.3 is 0 Å². The van der Waals surface area contributed by atoms with Crippen LogP contribution in [0, 0.1) is 0 Å². The fraction of sp³-hybridized carbons (Fsp3) is 0.407. The zero-order valence-electron chi connectivity index (χ0n) is 19.3. The fourth-order valence-electron chi connectivity index (χ4n) is 4.79. The van der Waals surface area contributed by atoms with Crippen molar-refractivity contribution in [1.82, 2.24) is 4.90 Å². The lowest BCUT2D eigenvalue weighted by Gasteiger charge is -2.42. The first-order valence-electron chi connectivity index (χ1n) is 11.7. The Morgan fingerprint density at radius 3 is 2.48 bits per heavy atom. The zero-order valence-corrected chi connectivity index (χ0v) is 20.8. The minimum absolute atomic E-state index is 0.0811. The average molecular weight is 487 g/mol. The number of aliphatic hydroxyl groups is 1. The van der Waals surface area contributed by atoms with Crippen LogP contribution in [0.25, 0.3) is 10.8 Å². The Labute approximate surface area is 206 Å². The van der Waals surface area contributed by atoms with Crippen molar-refractivity contribution in [2.24, 2.45) is 0 Å². The number of hydrogen-bond donors (Lipinski definition) is 1. The number of anilines is 1. The number of aliphatic hydroxyl groups excluding tert-OH is 1. The van der Waals surface area contributed by atoms with Crippen LogP contribution in [0.1, 0.15) is 37.9 Å². The summed E-state index contributed by atoms with van der Waals surface area (Å²) in [6.45, 7) is 5.86. The third-order valence-corrected chi connectivity index (χ3v) is 7.30. The van der Waals surface area contributed by atoms with Gasteiger partial charge in [-0.15, -0.1) is 0 Å². The topological polar surface area (TPSA) is 35.9 Å². The maximum atomic E-state index is 11.5. The SMILES string of the molecule is CCCCC(C(O)c1ccc2c(Cl)c(OC)ccc2c1)N1CCN(c2cccc(Cl)c2)CC1. The molecule has 0 aliphatic carbocycles. The molecule has 0 amide bonds. The van der Waals surface area contributed by atoms with E-state index < -0.39 is 6.10 Å². The Kier molecular flexibility index (Phi) is 8.02. The monoisotopic (exact) mass is 486 g/mol. The van der Waals surface area contributed by atoms with Gasteiger partial charge in [-0.25, -0.2) is 0 Å². The Morgan fingerprint density at radius 2 is 1.79 bits per heavy atom. The number of ether oxygens (including phenoxy) is 1. The van der Waals surface area contributed by atoms with Gasteiger partial charge in [-0.3, -0.25) is 4.90 Å². The summed E-state index contributed by atoms with van der Waals surface area (Å²) in [5, 5.41) is 14.8. The molecule has 0 spiro atoms. The Hall–Kier alpha value is -1.98. The highest BCUT2D eigenvalue weighted by Gasteiger charge is 2.30. The van der Waals surface area contributed by atoms with Gasteiger partial charge in [0.15, 0.2) is 0 Å². The first-order chi connectivity index (χ1) is 16.0. The van der Waals surface area contributed by atoms with Crippen molar-refractivity contribution in [3.8, 4) is 5.75 Å². The number of rotatable bonds is 8. The van der Waals surface area contributed by atoms with E-state index in [4.69, 9.17) is 27.9 Å². The Balaban J connectivity index is 1.52. The lowest BCUT2D eigenvalue weighted by Crippen LogP contribution is -2.52. The van der Waals surface area contributed by atoms with Crippen LogP contribution in [0.2, 0.25) is 10.0 Å². The van der Waals surface area contributed by atoms with E-state index in [9.17, 15) is 5.11 Å². The van der Waals surface area contributed by atoms with Crippen molar-refractivity contribution in [2.45, 2.75) is 38.3 Å². The lowest BCUT2D eigenvalue weighted by atomic mass is 9.94. The van der Waals surface area contributed by atoms with Gasteiger partial charge in [0, 0.05) is 48.3 Å². The van der Waals surface area contributed by atoms with Gasteiger partial charge in [-0.2, -0.15) is 0 Å². The highest BCUT2D eigenvalue weighted by molar-refractivity contribution is 6.37. The normalized spacial score (nSPS) is 16.7. The van der Waals surface area contributed by atoms with Crippen LogP contribution in [0.15, 0.2) is 54.6 Å². The molecule has 1 aliphatic heterocycles. The summed E-state index contributed by atoms with van der Waals surface area (Å²) in [5.41, 5.74) is 2.09. The van der Waals surface area contributed by atoms with Crippen LogP contribution in [0.4, 0.5) is 5.69 Å². The molecule has 1 fully saturated rings. The number of nitrogens with zero attached hydrogens (tertiary/aromatic N) is 2. The second kappa shape index (κ2) is 11.0. The van der Waals surface area contributed by atoms with Gasteiger partial charge in [-0.05, 0) is 47.7 Å². The van der Waals surface area contributed by atoms with Crippen molar-refractivity contribution in [3.05, 3.63) is 70.2 Å². The molecular formula is C27H32Cl2N2O2. The van der Waals surface area contributed by atoms with Crippen LogP contribution >= 0.6 is 23.2 Å². The van der Waals surface area contributed by atoms with Gasteiger partial charge in [0.25, 0.3) is 0 Å². The molecular weight excluding hydrogens is 455 g/mol. The molecule has 3 aromatic carbocycles. The van der Waals surface area contributed by atoms with Gasteiger partial charge in [-0.1, -0.05) is 67.2 Å². The van der Waals surface area contributed by atoms with Gasteiger partial charge < -0.3 is 14.7 Å². The molecule has 1 heterocycles. The summed E-state index contributed by atoms with van der Waals surface area (Å²) < 4.78 is 5.34. The maximum Gasteiger partial charge on any atom is 0.138 e. The average Bonchev–Trinajstić information content (AvgIpc) is 2.84. The van der Waals surface area contributed by atoms with E-state index in [0.717, 1.165) is 72.5 Å². The fourth-order valence-corrected chi connectivity index (χ4v) is 5.29. The summed E-state index contributed by atoms with van der Waals surface area (Å²) in [6, 6.07) is 18.1. The predicted octanol–water partition coefficient (Wildman–Crippen LogP) is 6.57. The third kappa shape index (κ3) is 5.41. The lowest BCUT2D eigenvalue weighted by molar-refractivity contribution is 0.0386. The van der Waals surface area contributed by atoms with E-state index in [1.54, 1.807) is 7.11 Å². The molecule has 0 saturated carbocycles. The Morgan fingerprint density at radius 1 is 1.00 bits per heavy atom. The summed E-state index contributed by atoms with van der Waals surface area (Å²) in [7, 11) is 1.62. The maximum absolute atomic E-state index is 11.5. The number of methoxy groups -OCH3 is 1. The van der Waals surface area contributed by atoms with Crippen LogP contribution in [-0.2, 0) is 0 Å². The zero-order chi connectivity index (χ0) is 23.4. The molecule has 1 aliphatic rings. The van der Waals surface area contributed by atoms with E-state index in [0.29, 0.717) is 10.8 Å². The van der Waals surface area contributed by atoms with Crippen molar-refractivity contribution in [3.63, 3.8) is 0 Å². The molecule has 4 nitrogen and oxygen atoms in total. The summed E-state index contributed by atoms with van der Waals surface area (Å²) in [6.07, 6.45) is 2.61. The van der Waals surface area contributed by atoms with E-state index in [2.05, 4.69) is 28.9 Å². The summed E-state index contributed by atoms with van der Waals surface area (Å²) >= 11 is 12.7. The van der Waals surface area contributed by atoms with Crippen molar-refractivity contribution < 1.29 is 9.84 Å². The second-order valence-electron chi connectivity index (χ2n) is 8.72.